The smallest absolute Gasteiger partial charge is 0.261 e. The summed E-state index contributed by atoms with van der Waals surface area (Å²) in [4.78, 5) is 43.5. The predicted molar refractivity (Wildman–Crippen MR) is 123 cm³/mol. The number of carbonyl (C=O) groups excluding carboxylic acids is 2. The van der Waals surface area contributed by atoms with Crippen LogP contribution in [0.3, 0.4) is 0 Å². The second-order valence-corrected chi connectivity index (χ2v) is 8.20. The van der Waals surface area contributed by atoms with Gasteiger partial charge in [0.05, 0.1) is 23.3 Å². The second kappa shape index (κ2) is 9.32. The predicted octanol–water partition coefficient (Wildman–Crippen LogP) is 2.18. The van der Waals surface area contributed by atoms with Crippen LogP contribution < -0.4 is 16.6 Å². The number of amides is 2. The van der Waals surface area contributed by atoms with E-state index in [9.17, 15) is 14.4 Å². The van der Waals surface area contributed by atoms with Crippen molar-refractivity contribution in [2.45, 2.75) is 45.3 Å². The Labute approximate surface area is 186 Å². The average molecular weight is 434 g/mol. The van der Waals surface area contributed by atoms with E-state index >= 15 is 0 Å². The number of benzene rings is 2. The summed E-state index contributed by atoms with van der Waals surface area (Å²) in [6.45, 7) is 3.49. The molecule has 3 N–H and O–H groups in total. The zero-order valence-electron chi connectivity index (χ0n) is 18.1. The summed E-state index contributed by atoms with van der Waals surface area (Å²) in [6.07, 6.45) is 3.32. The van der Waals surface area contributed by atoms with Gasteiger partial charge in [-0.05, 0) is 49.6 Å². The van der Waals surface area contributed by atoms with Gasteiger partial charge < -0.3 is 11.1 Å². The number of nitrogens with two attached hydrogens (primary N) is 1. The average Bonchev–Trinajstić information content (AvgIpc) is 3.24. The summed E-state index contributed by atoms with van der Waals surface area (Å²) >= 11 is 0. The monoisotopic (exact) mass is 433 g/mol. The number of fused-ring (bicyclic) bond motifs is 1. The molecule has 1 atom stereocenters. The molecular weight excluding hydrogens is 406 g/mol. The van der Waals surface area contributed by atoms with E-state index in [0.717, 1.165) is 30.5 Å². The van der Waals surface area contributed by atoms with Gasteiger partial charge >= 0.3 is 0 Å². The van der Waals surface area contributed by atoms with Crippen LogP contribution in [-0.4, -0.2) is 38.9 Å². The van der Waals surface area contributed by atoms with Crippen molar-refractivity contribution in [3.05, 3.63) is 70.3 Å². The quantitative estimate of drug-likeness (QED) is 0.593. The van der Waals surface area contributed by atoms with E-state index in [2.05, 4.69) is 15.2 Å². The van der Waals surface area contributed by atoms with E-state index in [-0.39, 0.29) is 36.4 Å². The first-order chi connectivity index (χ1) is 15.4. The standard InChI is InChI=1S/C24H27N5O3/c1-16-6-4-8-18-22(16)26-15-29(24(18)32)13-11-21(30)27-19-9-3-2-7-17(19)14-28-12-5-10-20(28)23(25)31/h2-4,6-9,15,20H,5,10-14H2,1H3,(H2,25,31)(H,27,30)/t20-/m0/s1. The van der Waals surface area contributed by atoms with E-state index in [1.165, 1.54) is 10.9 Å². The summed E-state index contributed by atoms with van der Waals surface area (Å²) in [5, 5.41) is 3.50. The number of hydrogen-bond acceptors (Lipinski definition) is 5. The van der Waals surface area contributed by atoms with Crippen LogP contribution in [0.1, 0.15) is 30.4 Å². The number of hydrogen-bond donors (Lipinski definition) is 2. The molecule has 32 heavy (non-hydrogen) atoms. The van der Waals surface area contributed by atoms with Crippen molar-refractivity contribution in [2.75, 3.05) is 11.9 Å². The van der Waals surface area contributed by atoms with Crippen LogP contribution >= 0.6 is 0 Å². The zero-order chi connectivity index (χ0) is 22.7. The molecule has 1 aliphatic heterocycles. The fraction of sp³-hybridized carbons (Fsp3) is 0.333. The molecule has 1 aliphatic rings. The molecule has 2 heterocycles. The molecule has 0 bridgehead atoms. The molecule has 0 unspecified atom stereocenters. The first-order valence-electron chi connectivity index (χ1n) is 10.8. The molecule has 3 aromatic rings. The summed E-state index contributed by atoms with van der Waals surface area (Å²) < 4.78 is 1.47. The number of likely N-dealkylation sites (tertiary alicyclic amines) is 1. The van der Waals surface area contributed by atoms with Gasteiger partial charge in [0.15, 0.2) is 0 Å². The Bertz CT molecular complexity index is 1220. The van der Waals surface area contributed by atoms with Gasteiger partial charge in [-0.25, -0.2) is 4.98 Å². The third-order valence-corrected chi connectivity index (χ3v) is 5.99. The molecule has 1 aromatic heterocycles. The molecule has 0 aliphatic carbocycles. The molecule has 1 fully saturated rings. The van der Waals surface area contributed by atoms with Gasteiger partial charge in [0, 0.05) is 25.2 Å². The van der Waals surface area contributed by atoms with Gasteiger partial charge in [-0.1, -0.05) is 30.3 Å². The van der Waals surface area contributed by atoms with E-state index in [1.807, 2.05) is 43.3 Å². The van der Waals surface area contributed by atoms with E-state index in [1.54, 1.807) is 6.07 Å². The third-order valence-electron chi connectivity index (χ3n) is 5.99. The highest BCUT2D eigenvalue weighted by Crippen LogP contribution is 2.24. The largest absolute Gasteiger partial charge is 0.368 e. The minimum atomic E-state index is -0.311. The molecule has 166 valence electrons. The molecule has 0 radical (unpaired) electrons. The minimum Gasteiger partial charge on any atom is -0.368 e. The minimum absolute atomic E-state index is 0.140. The summed E-state index contributed by atoms with van der Waals surface area (Å²) in [5.74, 6) is -0.504. The SMILES string of the molecule is Cc1cccc2c(=O)n(CCC(=O)Nc3ccccc3CN3CCC[C@H]3C(N)=O)cnc12. The maximum Gasteiger partial charge on any atom is 0.261 e. The van der Waals surface area contributed by atoms with Gasteiger partial charge in [0.2, 0.25) is 11.8 Å². The number of para-hydroxylation sites is 2. The normalized spacial score (nSPS) is 16.3. The number of anilines is 1. The molecule has 0 saturated carbocycles. The van der Waals surface area contributed by atoms with E-state index in [0.29, 0.717) is 23.1 Å². The molecule has 8 nitrogen and oxygen atoms in total. The lowest BCUT2D eigenvalue weighted by atomic mass is 10.1. The van der Waals surface area contributed by atoms with Crippen LogP contribution in [0, 0.1) is 6.92 Å². The van der Waals surface area contributed by atoms with Crippen molar-refractivity contribution in [3.63, 3.8) is 0 Å². The Morgan fingerprint density at radius 2 is 2.00 bits per heavy atom. The fourth-order valence-electron chi connectivity index (χ4n) is 4.27. The number of rotatable bonds is 7. The number of aryl methyl sites for hydroxylation is 2. The summed E-state index contributed by atoms with van der Waals surface area (Å²) in [6, 6.07) is 12.8. The Morgan fingerprint density at radius 3 is 2.81 bits per heavy atom. The Hall–Kier alpha value is -3.52. The number of nitrogens with one attached hydrogen (secondary N) is 1. The van der Waals surface area contributed by atoms with Crippen molar-refractivity contribution in [3.8, 4) is 0 Å². The molecular formula is C24H27N5O3. The molecule has 0 spiro atoms. The van der Waals surface area contributed by atoms with E-state index < -0.39 is 0 Å². The van der Waals surface area contributed by atoms with Gasteiger partial charge in [-0.2, -0.15) is 0 Å². The van der Waals surface area contributed by atoms with Crippen molar-refractivity contribution >= 4 is 28.4 Å². The van der Waals surface area contributed by atoms with Gasteiger partial charge in [-0.3, -0.25) is 23.9 Å². The molecule has 4 rings (SSSR count). The number of nitrogens with zero attached hydrogens (tertiary/aromatic N) is 3. The fourth-order valence-corrected chi connectivity index (χ4v) is 4.27. The highest BCUT2D eigenvalue weighted by Gasteiger charge is 2.29. The van der Waals surface area contributed by atoms with Crippen LogP contribution in [0.15, 0.2) is 53.6 Å². The van der Waals surface area contributed by atoms with Gasteiger partial charge in [-0.15, -0.1) is 0 Å². The lowest BCUT2D eigenvalue weighted by molar-refractivity contribution is -0.122. The van der Waals surface area contributed by atoms with Crippen LogP contribution in [0.25, 0.3) is 10.9 Å². The maximum atomic E-state index is 12.7. The molecule has 1 saturated heterocycles. The Balaban J connectivity index is 1.43. The first kappa shape index (κ1) is 21.7. The van der Waals surface area contributed by atoms with Gasteiger partial charge in [0.25, 0.3) is 5.56 Å². The van der Waals surface area contributed by atoms with E-state index in [4.69, 9.17) is 5.73 Å². The van der Waals surface area contributed by atoms with Gasteiger partial charge in [0.1, 0.15) is 0 Å². The zero-order valence-corrected chi connectivity index (χ0v) is 18.1. The van der Waals surface area contributed by atoms with Crippen LogP contribution in [-0.2, 0) is 22.7 Å². The van der Waals surface area contributed by atoms with Crippen molar-refractivity contribution in [1.82, 2.24) is 14.5 Å². The number of aromatic nitrogens is 2. The number of primary amides is 1. The Morgan fingerprint density at radius 1 is 1.19 bits per heavy atom. The lowest BCUT2D eigenvalue weighted by Crippen LogP contribution is -2.39. The molecule has 2 amide bonds. The van der Waals surface area contributed by atoms with Crippen LogP contribution in [0.2, 0.25) is 0 Å². The third kappa shape index (κ3) is 4.55. The second-order valence-electron chi connectivity index (χ2n) is 8.20. The van der Waals surface area contributed by atoms with Crippen LogP contribution in [0.4, 0.5) is 5.69 Å². The highest BCUT2D eigenvalue weighted by molar-refractivity contribution is 5.91. The summed E-state index contributed by atoms with van der Waals surface area (Å²) in [5.41, 5.74) is 8.62. The molecule has 2 aromatic carbocycles. The number of carbonyl (C=O) groups is 2. The summed E-state index contributed by atoms with van der Waals surface area (Å²) in [7, 11) is 0. The molecule has 8 heteroatoms. The van der Waals surface area contributed by atoms with Crippen LogP contribution in [0.5, 0.6) is 0 Å². The van der Waals surface area contributed by atoms with Crippen molar-refractivity contribution < 1.29 is 9.59 Å². The highest BCUT2D eigenvalue weighted by atomic mass is 16.2. The Kier molecular flexibility index (Phi) is 6.32. The van der Waals surface area contributed by atoms with Crippen molar-refractivity contribution in [2.24, 2.45) is 5.73 Å². The lowest BCUT2D eigenvalue weighted by Gasteiger charge is -2.23. The van der Waals surface area contributed by atoms with Crippen molar-refractivity contribution in [1.29, 1.82) is 0 Å². The maximum absolute atomic E-state index is 12.7. The topological polar surface area (TPSA) is 110 Å². The first-order valence-corrected chi connectivity index (χ1v) is 10.8.